The van der Waals surface area contributed by atoms with Gasteiger partial charge in [-0.1, -0.05) is 34.1 Å². The highest BCUT2D eigenvalue weighted by molar-refractivity contribution is 5.86. The first-order valence-electron chi connectivity index (χ1n) is 8.08. The fraction of sp³-hybridized carbons (Fsp3) is 0.625. The molecule has 3 heterocycles. The molecule has 1 fully saturated rings. The summed E-state index contributed by atoms with van der Waals surface area (Å²) in [6.45, 7) is 10.5. The molecule has 1 aliphatic heterocycles. The van der Waals surface area contributed by atoms with E-state index in [0.717, 1.165) is 16.9 Å². The van der Waals surface area contributed by atoms with Crippen LogP contribution in [-0.2, 0) is 0 Å². The second-order valence-electron chi connectivity index (χ2n) is 4.02. The van der Waals surface area contributed by atoms with Crippen molar-refractivity contribution in [1.29, 1.82) is 0 Å². The highest BCUT2D eigenvalue weighted by Crippen LogP contribution is 2.15. The number of anilines is 1. The summed E-state index contributed by atoms with van der Waals surface area (Å²) >= 11 is 0. The number of hydrogen-bond donors (Lipinski definition) is 3. The van der Waals surface area contributed by atoms with Gasteiger partial charge in [0.1, 0.15) is 17.8 Å². The van der Waals surface area contributed by atoms with Crippen LogP contribution in [0.15, 0.2) is 18.6 Å². The Balaban J connectivity index is 0.000000341. The summed E-state index contributed by atoms with van der Waals surface area (Å²) < 4.78 is 0. The minimum atomic E-state index is 0.858. The maximum atomic E-state index is 4.06. The van der Waals surface area contributed by atoms with E-state index >= 15 is 0 Å². The number of nitrogens with zero attached hydrogens (tertiary/aromatic N) is 2. The molecule has 0 aromatic carbocycles. The summed E-state index contributed by atoms with van der Waals surface area (Å²) in [5.74, 6) is 0.858. The molecule has 0 atom stereocenters. The van der Waals surface area contributed by atoms with Gasteiger partial charge >= 0.3 is 0 Å². The zero-order chi connectivity index (χ0) is 15.9. The summed E-state index contributed by atoms with van der Waals surface area (Å²) in [4.78, 5) is 11.1. The van der Waals surface area contributed by atoms with Gasteiger partial charge in [-0.15, -0.1) is 0 Å². The minimum absolute atomic E-state index is 0.858. The van der Waals surface area contributed by atoms with Crippen LogP contribution < -0.4 is 10.6 Å². The van der Waals surface area contributed by atoms with Gasteiger partial charge in [0.25, 0.3) is 0 Å². The number of hydrogen-bond acceptors (Lipinski definition) is 4. The second-order valence-corrected chi connectivity index (χ2v) is 4.02. The number of fused-ring (bicyclic) bond motifs is 1. The molecule has 0 aliphatic carbocycles. The predicted molar refractivity (Wildman–Crippen MR) is 92.9 cm³/mol. The summed E-state index contributed by atoms with van der Waals surface area (Å²) in [7, 11) is 1.84. The van der Waals surface area contributed by atoms with Crippen LogP contribution in [0.4, 0.5) is 5.82 Å². The Morgan fingerprint density at radius 3 is 2.14 bits per heavy atom. The van der Waals surface area contributed by atoms with Crippen molar-refractivity contribution in [3.63, 3.8) is 0 Å². The summed E-state index contributed by atoms with van der Waals surface area (Å²) in [6.07, 6.45) is 7.60. The van der Waals surface area contributed by atoms with Gasteiger partial charge in [0.15, 0.2) is 0 Å². The molecule has 0 unspecified atom stereocenters. The predicted octanol–water partition coefficient (Wildman–Crippen LogP) is 3.81. The highest BCUT2D eigenvalue weighted by atomic mass is 15.0. The van der Waals surface area contributed by atoms with Crippen LogP contribution in [0.5, 0.6) is 0 Å². The molecule has 0 spiro atoms. The largest absolute Gasteiger partial charge is 0.372 e. The average Bonchev–Trinajstić information content (AvgIpc) is 3.09. The van der Waals surface area contributed by atoms with Crippen molar-refractivity contribution >= 4 is 16.9 Å². The molecule has 0 saturated carbocycles. The Morgan fingerprint density at radius 2 is 1.67 bits per heavy atom. The van der Waals surface area contributed by atoms with Crippen molar-refractivity contribution in [3.05, 3.63) is 18.6 Å². The topological polar surface area (TPSA) is 65.6 Å². The fourth-order valence-corrected chi connectivity index (χ4v) is 1.87. The maximum Gasteiger partial charge on any atom is 0.142 e. The van der Waals surface area contributed by atoms with Gasteiger partial charge in [-0.25, -0.2) is 9.97 Å². The lowest BCUT2D eigenvalue weighted by Crippen LogP contribution is -2.21. The van der Waals surface area contributed by atoms with Crippen molar-refractivity contribution < 1.29 is 0 Å². The van der Waals surface area contributed by atoms with Gasteiger partial charge in [0.2, 0.25) is 0 Å². The molecule has 1 aliphatic rings. The van der Waals surface area contributed by atoms with Gasteiger partial charge in [0.05, 0.1) is 5.39 Å². The van der Waals surface area contributed by atoms with Crippen LogP contribution in [0.2, 0.25) is 0 Å². The molecule has 21 heavy (non-hydrogen) atoms. The monoisotopic (exact) mass is 293 g/mol. The summed E-state index contributed by atoms with van der Waals surface area (Å²) in [6, 6.07) is 1.95. The van der Waals surface area contributed by atoms with Crippen molar-refractivity contribution in [1.82, 2.24) is 20.3 Å². The number of piperidine rings is 1. The maximum absolute atomic E-state index is 4.06. The van der Waals surface area contributed by atoms with E-state index < -0.39 is 0 Å². The number of aromatic amines is 1. The van der Waals surface area contributed by atoms with Crippen LogP contribution in [0.3, 0.4) is 0 Å². The molecule has 2 aromatic heterocycles. The van der Waals surface area contributed by atoms with Gasteiger partial charge in [-0.2, -0.15) is 0 Å². The Kier molecular flexibility index (Phi) is 12.3. The Bertz CT molecular complexity index is 437. The Morgan fingerprint density at radius 1 is 1.00 bits per heavy atom. The molecule has 0 amide bonds. The molecular formula is C16H31N5. The lowest BCUT2D eigenvalue weighted by atomic mass is 10.2. The molecule has 0 bridgehead atoms. The quantitative estimate of drug-likeness (QED) is 0.748. The Hall–Kier alpha value is -1.62. The molecule has 5 heteroatoms. The summed E-state index contributed by atoms with van der Waals surface area (Å²) in [5.41, 5.74) is 0.865. The standard InChI is InChI=1S/C7H8N4.C5H11N.2C2H6/c1-8-6-5-2-3-9-7(5)11-4-10-6;1-2-4-6-5-3-1;2*1-2/h2-4H,1H3,(H2,8,9,10,11);6H,1-5H2;2*1-2H3. The van der Waals surface area contributed by atoms with Crippen LogP contribution in [0.1, 0.15) is 47.0 Å². The molecular weight excluding hydrogens is 262 g/mol. The number of H-pyrrole nitrogens is 1. The van der Waals surface area contributed by atoms with Gasteiger partial charge in [0, 0.05) is 13.2 Å². The molecule has 0 radical (unpaired) electrons. The zero-order valence-corrected chi connectivity index (χ0v) is 14.2. The average molecular weight is 293 g/mol. The van der Waals surface area contributed by atoms with Gasteiger partial charge in [-0.05, 0) is 32.0 Å². The third-order valence-corrected chi connectivity index (χ3v) is 2.80. The van der Waals surface area contributed by atoms with E-state index in [1.165, 1.54) is 38.7 Å². The van der Waals surface area contributed by atoms with Gasteiger partial charge < -0.3 is 15.6 Å². The van der Waals surface area contributed by atoms with E-state index in [1.54, 1.807) is 0 Å². The SMILES string of the molecule is C1CCNCC1.CC.CC.CNc1ncnc2[nH]ccc12. The number of rotatable bonds is 1. The highest BCUT2D eigenvalue weighted by Gasteiger charge is 1.99. The fourth-order valence-electron chi connectivity index (χ4n) is 1.87. The molecule has 3 N–H and O–H groups in total. The van der Waals surface area contributed by atoms with E-state index in [0.29, 0.717) is 0 Å². The van der Waals surface area contributed by atoms with Gasteiger partial charge in [-0.3, -0.25) is 0 Å². The molecule has 3 rings (SSSR count). The molecule has 2 aromatic rings. The second kappa shape index (κ2) is 13.4. The number of aromatic nitrogens is 3. The first-order valence-corrected chi connectivity index (χ1v) is 8.08. The lowest BCUT2D eigenvalue weighted by molar-refractivity contribution is 0.520. The van der Waals surface area contributed by atoms with E-state index in [9.17, 15) is 0 Å². The Labute approximate surface area is 129 Å². The molecule has 5 nitrogen and oxygen atoms in total. The van der Waals surface area contributed by atoms with E-state index in [2.05, 4.69) is 25.6 Å². The summed E-state index contributed by atoms with van der Waals surface area (Å²) in [5, 5.41) is 7.29. The first kappa shape index (κ1) is 19.4. The third kappa shape index (κ3) is 7.09. The normalized spacial score (nSPS) is 12.8. The lowest BCUT2D eigenvalue weighted by Gasteiger charge is -2.08. The van der Waals surface area contributed by atoms with Crippen LogP contribution in [0, 0.1) is 0 Å². The van der Waals surface area contributed by atoms with E-state index in [4.69, 9.17) is 0 Å². The van der Waals surface area contributed by atoms with Crippen molar-refractivity contribution in [2.24, 2.45) is 0 Å². The van der Waals surface area contributed by atoms with Crippen LogP contribution >= 0.6 is 0 Å². The minimum Gasteiger partial charge on any atom is -0.372 e. The van der Waals surface area contributed by atoms with E-state index in [-0.39, 0.29) is 0 Å². The number of nitrogens with one attached hydrogen (secondary N) is 3. The van der Waals surface area contributed by atoms with Crippen LogP contribution in [-0.4, -0.2) is 35.1 Å². The van der Waals surface area contributed by atoms with Crippen molar-refractivity contribution in [3.8, 4) is 0 Å². The zero-order valence-electron chi connectivity index (χ0n) is 14.2. The molecule has 120 valence electrons. The van der Waals surface area contributed by atoms with Crippen molar-refractivity contribution in [2.45, 2.75) is 47.0 Å². The molecule has 1 saturated heterocycles. The van der Waals surface area contributed by atoms with E-state index in [1.807, 2.05) is 47.0 Å². The van der Waals surface area contributed by atoms with Crippen LogP contribution in [0.25, 0.3) is 11.0 Å². The third-order valence-electron chi connectivity index (χ3n) is 2.80. The van der Waals surface area contributed by atoms with Crippen molar-refractivity contribution in [2.75, 3.05) is 25.5 Å². The smallest absolute Gasteiger partial charge is 0.142 e. The first-order chi connectivity index (χ1) is 10.4.